The highest BCUT2D eigenvalue weighted by molar-refractivity contribution is 8.01. The molecule has 106 valence electrons. The summed E-state index contributed by atoms with van der Waals surface area (Å²) in [6, 6.07) is 9.21. The van der Waals surface area contributed by atoms with Gasteiger partial charge in [-0.25, -0.2) is 0 Å². The summed E-state index contributed by atoms with van der Waals surface area (Å²) in [6.45, 7) is 0. The number of rotatable bonds is 4. The van der Waals surface area contributed by atoms with Gasteiger partial charge < -0.3 is 5.32 Å². The van der Waals surface area contributed by atoms with E-state index in [0.29, 0.717) is 9.30 Å². The number of carbonyl (C=O) groups excluding carboxylic acids is 1. The summed E-state index contributed by atoms with van der Waals surface area (Å²) >= 11 is 2.47. The minimum Gasteiger partial charge on any atom is -0.325 e. The normalized spacial score (nSPS) is 10.7. The number of anilines is 1. The van der Waals surface area contributed by atoms with Crippen LogP contribution in [0.15, 0.2) is 45.7 Å². The van der Waals surface area contributed by atoms with E-state index < -0.39 is 0 Å². The van der Waals surface area contributed by atoms with E-state index in [1.165, 1.54) is 27.6 Å². The van der Waals surface area contributed by atoms with E-state index in [1.807, 2.05) is 30.3 Å². The molecule has 0 saturated carbocycles. The van der Waals surface area contributed by atoms with E-state index in [9.17, 15) is 9.59 Å². The number of fused-ring (bicyclic) bond motifs is 1. The number of hydrogen-bond donors (Lipinski definition) is 1. The second-order valence-electron chi connectivity index (χ2n) is 3.95. The molecule has 0 unspecified atom stereocenters. The fourth-order valence-corrected chi connectivity index (χ4v) is 3.25. The van der Waals surface area contributed by atoms with Gasteiger partial charge in [0.15, 0.2) is 4.34 Å². The van der Waals surface area contributed by atoms with Crippen LogP contribution >= 0.6 is 23.1 Å². The van der Waals surface area contributed by atoms with Gasteiger partial charge in [-0.05, 0) is 12.1 Å². The van der Waals surface area contributed by atoms with Gasteiger partial charge in [0.25, 0.3) is 5.56 Å². The van der Waals surface area contributed by atoms with Crippen LogP contribution in [0.25, 0.3) is 4.96 Å². The first-order valence-electron chi connectivity index (χ1n) is 5.91. The molecule has 2 heterocycles. The topological polar surface area (TPSA) is 89.3 Å². The summed E-state index contributed by atoms with van der Waals surface area (Å²) < 4.78 is 1.77. The first-order chi connectivity index (χ1) is 10.2. The van der Waals surface area contributed by atoms with Gasteiger partial charge in [0.05, 0.1) is 5.75 Å². The minimum absolute atomic E-state index is 0.135. The third-order valence-electron chi connectivity index (χ3n) is 2.45. The van der Waals surface area contributed by atoms with E-state index in [1.54, 1.807) is 0 Å². The molecule has 3 rings (SSSR count). The molecule has 0 aliphatic heterocycles. The van der Waals surface area contributed by atoms with Gasteiger partial charge in [0.1, 0.15) is 6.20 Å². The van der Waals surface area contributed by atoms with Gasteiger partial charge in [-0.3, -0.25) is 9.59 Å². The van der Waals surface area contributed by atoms with Gasteiger partial charge in [-0.15, -0.1) is 10.2 Å². The molecule has 9 heteroatoms. The summed E-state index contributed by atoms with van der Waals surface area (Å²) in [7, 11) is 0. The molecule has 7 nitrogen and oxygen atoms in total. The second-order valence-corrected chi connectivity index (χ2v) is 6.13. The van der Waals surface area contributed by atoms with Crippen molar-refractivity contribution in [3.8, 4) is 0 Å². The zero-order chi connectivity index (χ0) is 14.7. The summed E-state index contributed by atoms with van der Waals surface area (Å²) in [5.74, 6) is 0.0700. The molecule has 0 fully saturated rings. The second kappa shape index (κ2) is 6.02. The smallest absolute Gasteiger partial charge is 0.293 e. The van der Waals surface area contributed by atoms with Gasteiger partial charge >= 0.3 is 0 Å². The SMILES string of the molecule is O=C(CSc1nn2c(=O)cnnc2s1)Nc1ccccc1. The Morgan fingerprint density at radius 1 is 1.33 bits per heavy atom. The molecule has 3 aromatic rings. The van der Waals surface area contributed by atoms with Gasteiger partial charge in [0, 0.05) is 5.69 Å². The fourth-order valence-electron chi connectivity index (χ4n) is 1.56. The highest BCUT2D eigenvalue weighted by atomic mass is 32.2. The Bertz CT molecular complexity index is 830. The van der Waals surface area contributed by atoms with Crippen molar-refractivity contribution >= 4 is 39.7 Å². The average Bonchev–Trinajstić information content (AvgIpc) is 2.91. The maximum Gasteiger partial charge on any atom is 0.293 e. The monoisotopic (exact) mass is 319 g/mol. The molecule has 2 aromatic heterocycles. The Morgan fingerprint density at radius 2 is 2.14 bits per heavy atom. The molecule has 0 atom stereocenters. The molecule has 0 aliphatic carbocycles. The molecule has 0 radical (unpaired) electrons. The van der Waals surface area contributed by atoms with E-state index in [0.717, 1.165) is 11.9 Å². The molecule has 21 heavy (non-hydrogen) atoms. The van der Waals surface area contributed by atoms with Crippen LogP contribution in [0.3, 0.4) is 0 Å². The molecule has 0 spiro atoms. The standard InChI is InChI=1S/C12H9N5O2S2/c18-9(14-8-4-2-1-3-5-8)7-20-12-16-17-10(19)6-13-15-11(17)21-12/h1-6H,7H2,(H,14,18). The van der Waals surface area contributed by atoms with Crippen LogP contribution in [0, 0.1) is 0 Å². The number of nitrogens with zero attached hydrogens (tertiary/aromatic N) is 4. The zero-order valence-electron chi connectivity index (χ0n) is 10.6. The summed E-state index contributed by atoms with van der Waals surface area (Å²) in [5.41, 5.74) is 0.409. The quantitative estimate of drug-likeness (QED) is 0.729. The third kappa shape index (κ3) is 3.26. The molecule has 0 saturated heterocycles. The fraction of sp³-hybridized carbons (Fsp3) is 0.0833. The molecule has 0 bridgehead atoms. The first-order valence-corrected chi connectivity index (χ1v) is 7.72. The Labute approximate surface area is 127 Å². The van der Waals surface area contributed by atoms with Crippen LogP contribution in [0.1, 0.15) is 0 Å². The Kier molecular flexibility index (Phi) is 3.93. The third-order valence-corrected chi connectivity index (χ3v) is 4.48. The lowest BCUT2D eigenvalue weighted by Gasteiger charge is -2.02. The molecular weight excluding hydrogens is 310 g/mol. The van der Waals surface area contributed by atoms with Crippen molar-refractivity contribution in [2.45, 2.75) is 4.34 Å². The minimum atomic E-state index is -0.336. The van der Waals surface area contributed by atoms with Crippen molar-refractivity contribution in [1.29, 1.82) is 0 Å². The maximum atomic E-state index is 11.8. The predicted molar refractivity (Wildman–Crippen MR) is 80.7 cm³/mol. The molecule has 1 aromatic carbocycles. The highest BCUT2D eigenvalue weighted by Crippen LogP contribution is 2.22. The van der Waals surface area contributed by atoms with E-state index in [2.05, 4.69) is 20.6 Å². The first kappa shape index (κ1) is 13.7. The van der Waals surface area contributed by atoms with Crippen molar-refractivity contribution in [3.63, 3.8) is 0 Å². The number of para-hydroxylation sites is 1. The molecular formula is C12H9N5O2S2. The number of hydrogen-bond acceptors (Lipinski definition) is 7. The van der Waals surface area contributed by atoms with Crippen LogP contribution in [-0.4, -0.2) is 31.5 Å². The zero-order valence-corrected chi connectivity index (χ0v) is 12.2. The van der Waals surface area contributed by atoms with Gasteiger partial charge in [0.2, 0.25) is 10.9 Å². The van der Waals surface area contributed by atoms with Crippen LogP contribution < -0.4 is 10.9 Å². The number of thioether (sulfide) groups is 1. The number of nitrogens with one attached hydrogen (secondary N) is 1. The lowest BCUT2D eigenvalue weighted by molar-refractivity contribution is -0.113. The van der Waals surface area contributed by atoms with Crippen molar-refractivity contribution in [2.24, 2.45) is 0 Å². The average molecular weight is 319 g/mol. The lowest BCUT2D eigenvalue weighted by Crippen LogP contribution is -2.15. The molecule has 1 N–H and O–H groups in total. The lowest BCUT2D eigenvalue weighted by atomic mass is 10.3. The Hall–Kier alpha value is -2.26. The van der Waals surface area contributed by atoms with Gasteiger partial charge in [-0.1, -0.05) is 41.3 Å². The van der Waals surface area contributed by atoms with Crippen molar-refractivity contribution in [1.82, 2.24) is 19.8 Å². The van der Waals surface area contributed by atoms with Crippen LogP contribution in [-0.2, 0) is 4.79 Å². The summed E-state index contributed by atoms with van der Waals surface area (Å²) in [5, 5.41) is 14.3. The number of amides is 1. The van der Waals surface area contributed by atoms with Crippen molar-refractivity contribution in [3.05, 3.63) is 46.9 Å². The number of aromatic nitrogens is 4. The predicted octanol–water partition coefficient (Wildman–Crippen LogP) is 1.28. The largest absolute Gasteiger partial charge is 0.325 e. The van der Waals surface area contributed by atoms with Crippen LogP contribution in [0.5, 0.6) is 0 Å². The Morgan fingerprint density at radius 3 is 2.90 bits per heavy atom. The van der Waals surface area contributed by atoms with Crippen LogP contribution in [0.2, 0.25) is 0 Å². The molecule has 1 amide bonds. The summed E-state index contributed by atoms with van der Waals surface area (Å²) in [6.07, 6.45) is 1.10. The Balaban J connectivity index is 1.65. The summed E-state index contributed by atoms with van der Waals surface area (Å²) in [4.78, 5) is 23.7. The van der Waals surface area contributed by atoms with Crippen molar-refractivity contribution in [2.75, 3.05) is 11.1 Å². The number of benzene rings is 1. The van der Waals surface area contributed by atoms with E-state index in [-0.39, 0.29) is 17.2 Å². The maximum absolute atomic E-state index is 11.8. The highest BCUT2D eigenvalue weighted by Gasteiger charge is 2.10. The molecule has 0 aliphatic rings. The number of carbonyl (C=O) groups is 1. The van der Waals surface area contributed by atoms with E-state index in [4.69, 9.17) is 0 Å². The van der Waals surface area contributed by atoms with Gasteiger partial charge in [-0.2, -0.15) is 9.61 Å². The van der Waals surface area contributed by atoms with Crippen molar-refractivity contribution < 1.29 is 4.79 Å². The van der Waals surface area contributed by atoms with Crippen LogP contribution in [0.4, 0.5) is 5.69 Å². The van der Waals surface area contributed by atoms with E-state index >= 15 is 0 Å².